The maximum atomic E-state index is 13.4. The van der Waals surface area contributed by atoms with E-state index >= 15 is 0 Å². The van der Waals surface area contributed by atoms with Gasteiger partial charge < -0.3 is 10.2 Å². The summed E-state index contributed by atoms with van der Waals surface area (Å²) < 4.78 is 28.0. The van der Waals surface area contributed by atoms with E-state index < -0.39 is 28.5 Å². The summed E-state index contributed by atoms with van der Waals surface area (Å²) in [4.78, 5) is 27.6. The number of hydrogen-bond donors (Lipinski definition) is 1. The zero-order valence-electron chi connectivity index (χ0n) is 18.9. The Morgan fingerprint density at radius 2 is 1.70 bits per heavy atom. The molecule has 2 amide bonds. The summed E-state index contributed by atoms with van der Waals surface area (Å²) in [5.41, 5.74) is 1.23. The number of nitrogens with one attached hydrogen (secondary N) is 1. The highest BCUT2D eigenvalue weighted by molar-refractivity contribution is 14.1. The Morgan fingerprint density at radius 3 is 2.24 bits per heavy atom. The van der Waals surface area contributed by atoms with Crippen molar-refractivity contribution in [2.24, 2.45) is 0 Å². The molecule has 0 saturated heterocycles. The summed E-state index contributed by atoms with van der Waals surface area (Å²) in [7, 11) is -3.72. The second-order valence-electron chi connectivity index (χ2n) is 7.71. The first-order chi connectivity index (χ1) is 15.5. The molecule has 1 N–H and O–H groups in total. The normalized spacial score (nSPS) is 12.2. The number of amides is 2. The van der Waals surface area contributed by atoms with Crippen molar-refractivity contribution in [2.45, 2.75) is 39.3 Å². The highest BCUT2D eigenvalue weighted by Crippen LogP contribution is 2.21. The lowest BCUT2D eigenvalue weighted by molar-refractivity contribution is -0.139. The highest BCUT2D eigenvalue weighted by atomic mass is 127. The summed E-state index contributed by atoms with van der Waals surface area (Å²) in [6.45, 7) is 4.00. The third-order valence-electron chi connectivity index (χ3n) is 5.06. The Balaban J connectivity index is 2.32. The van der Waals surface area contributed by atoms with Crippen LogP contribution in [0.5, 0.6) is 0 Å². The standard InChI is InChI=1S/C23H29BrIN3O4S/c1-4-5-14-26-23(30)17(2)27(15-18-6-8-19(24)9-7-18)22(29)16-28(33(3,31)32)21-12-10-20(25)11-13-21/h6-13,17H,4-5,14-16H2,1-3H3,(H,26,30). The average Bonchev–Trinajstić information content (AvgIpc) is 2.76. The lowest BCUT2D eigenvalue weighted by Gasteiger charge is -2.31. The molecule has 1 unspecified atom stereocenters. The monoisotopic (exact) mass is 649 g/mol. The van der Waals surface area contributed by atoms with E-state index in [9.17, 15) is 18.0 Å². The van der Waals surface area contributed by atoms with Gasteiger partial charge in [0.15, 0.2) is 0 Å². The van der Waals surface area contributed by atoms with Crippen molar-refractivity contribution < 1.29 is 18.0 Å². The molecule has 0 aromatic heterocycles. The second kappa shape index (κ2) is 12.7. The van der Waals surface area contributed by atoms with Crippen LogP contribution in [0.2, 0.25) is 0 Å². The van der Waals surface area contributed by atoms with Crippen molar-refractivity contribution in [1.82, 2.24) is 10.2 Å². The lowest BCUT2D eigenvalue weighted by Crippen LogP contribution is -2.51. The minimum atomic E-state index is -3.72. The molecule has 0 aliphatic rings. The quantitative estimate of drug-likeness (QED) is 0.293. The van der Waals surface area contributed by atoms with Crippen molar-refractivity contribution in [2.75, 3.05) is 23.7 Å². The van der Waals surface area contributed by atoms with Gasteiger partial charge in [0.25, 0.3) is 0 Å². The van der Waals surface area contributed by atoms with Gasteiger partial charge in [-0.3, -0.25) is 13.9 Å². The molecule has 2 aromatic carbocycles. The van der Waals surface area contributed by atoms with Gasteiger partial charge >= 0.3 is 0 Å². The summed E-state index contributed by atoms with van der Waals surface area (Å²) in [6.07, 6.45) is 2.85. The minimum absolute atomic E-state index is 0.179. The fraction of sp³-hybridized carbons (Fsp3) is 0.391. The predicted octanol–water partition coefficient (Wildman–Crippen LogP) is 4.15. The molecule has 0 aliphatic carbocycles. The molecule has 0 spiro atoms. The fourth-order valence-corrected chi connectivity index (χ4v) is 4.60. The van der Waals surface area contributed by atoms with E-state index in [-0.39, 0.29) is 12.5 Å². The smallest absolute Gasteiger partial charge is 0.244 e. The van der Waals surface area contributed by atoms with Gasteiger partial charge in [0, 0.05) is 21.1 Å². The van der Waals surface area contributed by atoms with Gasteiger partial charge in [-0.1, -0.05) is 41.4 Å². The number of rotatable bonds is 11. The van der Waals surface area contributed by atoms with Crippen LogP contribution < -0.4 is 9.62 Å². The summed E-state index contributed by atoms with van der Waals surface area (Å²) in [5, 5.41) is 2.86. The van der Waals surface area contributed by atoms with E-state index in [1.807, 2.05) is 31.2 Å². The summed E-state index contributed by atoms with van der Waals surface area (Å²) in [5.74, 6) is -0.728. The molecule has 0 heterocycles. The van der Waals surface area contributed by atoms with Gasteiger partial charge in [0.1, 0.15) is 12.6 Å². The SMILES string of the molecule is CCCCNC(=O)C(C)N(Cc1ccc(Br)cc1)C(=O)CN(c1ccc(I)cc1)S(C)(=O)=O. The van der Waals surface area contributed by atoms with Gasteiger partial charge in [-0.2, -0.15) is 0 Å². The molecule has 0 fully saturated rings. The molecule has 0 saturated carbocycles. The average molecular weight is 650 g/mol. The van der Waals surface area contributed by atoms with Crippen LogP contribution in [0, 0.1) is 3.57 Å². The van der Waals surface area contributed by atoms with Crippen LogP contribution in [-0.2, 0) is 26.2 Å². The Morgan fingerprint density at radius 1 is 1.09 bits per heavy atom. The number of benzene rings is 2. The molecular formula is C23H29BrIN3O4S. The number of nitrogens with zero attached hydrogens (tertiary/aromatic N) is 2. The second-order valence-corrected chi connectivity index (χ2v) is 11.8. The van der Waals surface area contributed by atoms with Crippen molar-refractivity contribution in [3.8, 4) is 0 Å². The number of carbonyl (C=O) groups is 2. The Kier molecular flexibility index (Phi) is 10.6. The summed E-state index contributed by atoms with van der Waals surface area (Å²) in [6, 6.07) is 13.6. The zero-order chi connectivity index (χ0) is 24.6. The van der Waals surface area contributed by atoms with Gasteiger partial charge in [0.2, 0.25) is 21.8 Å². The number of carbonyl (C=O) groups excluding carboxylic acids is 2. The number of sulfonamides is 1. The van der Waals surface area contributed by atoms with Gasteiger partial charge in [-0.25, -0.2) is 8.42 Å². The number of unbranched alkanes of at least 4 members (excludes halogenated alkanes) is 1. The molecule has 2 rings (SSSR count). The van der Waals surface area contributed by atoms with Crippen molar-refractivity contribution in [3.05, 3.63) is 62.1 Å². The van der Waals surface area contributed by atoms with E-state index in [2.05, 4.69) is 43.8 Å². The van der Waals surface area contributed by atoms with Crippen molar-refractivity contribution in [1.29, 1.82) is 0 Å². The molecule has 2 aromatic rings. The van der Waals surface area contributed by atoms with Crippen molar-refractivity contribution >= 4 is 66.0 Å². The molecule has 10 heteroatoms. The maximum Gasteiger partial charge on any atom is 0.244 e. The van der Waals surface area contributed by atoms with Gasteiger partial charge in [-0.15, -0.1) is 0 Å². The molecular weight excluding hydrogens is 621 g/mol. The Bertz CT molecular complexity index is 1050. The molecule has 7 nitrogen and oxygen atoms in total. The first-order valence-electron chi connectivity index (χ1n) is 10.6. The van der Waals surface area contributed by atoms with Crippen LogP contribution in [0.4, 0.5) is 5.69 Å². The largest absolute Gasteiger partial charge is 0.354 e. The van der Waals surface area contributed by atoms with E-state index in [1.54, 1.807) is 31.2 Å². The predicted molar refractivity (Wildman–Crippen MR) is 143 cm³/mol. The Hall–Kier alpha value is -1.66. The first kappa shape index (κ1) is 27.6. The lowest BCUT2D eigenvalue weighted by atomic mass is 10.1. The maximum absolute atomic E-state index is 13.4. The minimum Gasteiger partial charge on any atom is -0.354 e. The third kappa shape index (κ3) is 8.56. The molecule has 33 heavy (non-hydrogen) atoms. The topological polar surface area (TPSA) is 86.8 Å². The molecule has 0 bridgehead atoms. The molecule has 1 atom stereocenters. The van der Waals surface area contributed by atoms with Gasteiger partial charge in [-0.05, 0) is 77.9 Å². The van der Waals surface area contributed by atoms with E-state index in [1.165, 1.54) is 4.90 Å². The van der Waals surface area contributed by atoms with Gasteiger partial charge in [0.05, 0.1) is 11.9 Å². The van der Waals surface area contributed by atoms with E-state index in [0.29, 0.717) is 12.2 Å². The van der Waals surface area contributed by atoms with E-state index in [0.717, 1.165) is 37.0 Å². The molecule has 180 valence electrons. The van der Waals surface area contributed by atoms with Crippen LogP contribution in [0.25, 0.3) is 0 Å². The summed E-state index contributed by atoms with van der Waals surface area (Å²) >= 11 is 5.52. The van der Waals surface area contributed by atoms with E-state index in [4.69, 9.17) is 0 Å². The number of anilines is 1. The highest BCUT2D eigenvalue weighted by Gasteiger charge is 2.30. The molecule has 0 aliphatic heterocycles. The van der Waals surface area contributed by atoms with Crippen molar-refractivity contribution in [3.63, 3.8) is 0 Å². The van der Waals surface area contributed by atoms with Crippen LogP contribution in [0.3, 0.4) is 0 Å². The van der Waals surface area contributed by atoms with Crippen LogP contribution >= 0.6 is 38.5 Å². The van der Waals surface area contributed by atoms with Crippen LogP contribution in [0.15, 0.2) is 53.0 Å². The third-order valence-corrected chi connectivity index (χ3v) is 7.45. The number of halogens is 2. The van der Waals surface area contributed by atoms with Crippen LogP contribution in [0.1, 0.15) is 32.3 Å². The first-order valence-corrected chi connectivity index (χ1v) is 14.3. The molecule has 0 radical (unpaired) electrons. The zero-order valence-corrected chi connectivity index (χ0v) is 23.5. The Labute approximate surface area is 218 Å². The fourth-order valence-electron chi connectivity index (χ4n) is 3.13. The van der Waals surface area contributed by atoms with Crippen LogP contribution in [-0.4, -0.2) is 50.5 Å². The number of hydrogen-bond acceptors (Lipinski definition) is 4.